The highest BCUT2D eigenvalue weighted by Gasteiger charge is 2.52. The monoisotopic (exact) mass is 264 g/mol. The molecule has 18 heavy (non-hydrogen) atoms. The molecule has 1 fully saturated rings. The number of allylic oxidation sites excluding steroid dienone is 1. The van der Waals surface area contributed by atoms with Crippen molar-refractivity contribution in [2.75, 3.05) is 0 Å². The largest absolute Gasteiger partial charge is 0.302 e. The Bertz CT molecular complexity index is 439. The first-order chi connectivity index (χ1) is 8.48. The van der Waals surface area contributed by atoms with E-state index in [0.29, 0.717) is 6.42 Å². The summed E-state index contributed by atoms with van der Waals surface area (Å²) in [6.45, 7) is 7.29. The second-order valence-electron chi connectivity index (χ2n) is 4.10. The third-order valence-electron chi connectivity index (χ3n) is 2.97. The first kappa shape index (κ1) is 14.4. The lowest BCUT2D eigenvalue weighted by Crippen LogP contribution is -2.64. The molecule has 0 aromatic rings. The number of rotatable bonds is 3. The van der Waals surface area contributed by atoms with Crippen LogP contribution in [0, 0.1) is 23.2 Å². The average molecular weight is 264 g/mol. The molecule has 0 aromatic carbocycles. The van der Waals surface area contributed by atoms with Crippen LogP contribution in [0.3, 0.4) is 0 Å². The lowest BCUT2D eigenvalue weighted by molar-refractivity contribution is -0.145. The smallest absolute Gasteiger partial charge is 0.243 e. The van der Waals surface area contributed by atoms with Gasteiger partial charge in [-0.3, -0.25) is 9.59 Å². The quantitative estimate of drug-likeness (QED) is 0.348. The molecule has 0 bridgehead atoms. The Hall–Kier alpha value is -1.67. The Kier molecular flexibility index (Phi) is 4.62. The standard InChI is InChI=1S/C13H16N2O2S/c1-4-6-7-9(3)13(8-5-2)10(16)14-12(18)15-11(13)17/h5,9H,2,4,8H2,1,3H3,(H2,14,15,16,17,18). The Morgan fingerprint density at radius 1 is 1.44 bits per heavy atom. The third-order valence-corrected chi connectivity index (χ3v) is 3.17. The van der Waals surface area contributed by atoms with Crippen molar-refractivity contribution < 1.29 is 9.59 Å². The van der Waals surface area contributed by atoms with Crippen molar-refractivity contribution in [3.05, 3.63) is 12.7 Å². The van der Waals surface area contributed by atoms with E-state index in [1.165, 1.54) is 0 Å². The van der Waals surface area contributed by atoms with E-state index in [4.69, 9.17) is 12.2 Å². The van der Waals surface area contributed by atoms with Crippen LogP contribution in [0.2, 0.25) is 0 Å². The molecule has 0 aliphatic carbocycles. The van der Waals surface area contributed by atoms with E-state index in [1.54, 1.807) is 13.0 Å². The van der Waals surface area contributed by atoms with E-state index >= 15 is 0 Å². The van der Waals surface area contributed by atoms with Crippen LogP contribution in [-0.2, 0) is 9.59 Å². The number of thiocarbonyl (C=S) groups is 1. The van der Waals surface area contributed by atoms with Crippen molar-refractivity contribution in [2.24, 2.45) is 11.3 Å². The molecule has 0 radical (unpaired) electrons. The van der Waals surface area contributed by atoms with Gasteiger partial charge in [-0.1, -0.05) is 18.9 Å². The van der Waals surface area contributed by atoms with Gasteiger partial charge < -0.3 is 10.6 Å². The lowest BCUT2D eigenvalue weighted by atomic mass is 9.71. The zero-order chi connectivity index (χ0) is 13.8. The molecule has 1 saturated heterocycles. The van der Waals surface area contributed by atoms with Crippen LogP contribution in [0.1, 0.15) is 26.7 Å². The fraction of sp³-hybridized carbons (Fsp3) is 0.462. The maximum absolute atomic E-state index is 12.2. The summed E-state index contributed by atoms with van der Waals surface area (Å²) >= 11 is 4.79. The Balaban J connectivity index is 3.20. The van der Waals surface area contributed by atoms with Crippen LogP contribution >= 0.6 is 12.2 Å². The molecule has 96 valence electrons. The minimum Gasteiger partial charge on any atom is -0.302 e. The summed E-state index contributed by atoms with van der Waals surface area (Å²) in [6.07, 6.45) is 2.46. The minimum absolute atomic E-state index is 0.0420. The highest BCUT2D eigenvalue weighted by molar-refractivity contribution is 7.80. The minimum atomic E-state index is -1.24. The van der Waals surface area contributed by atoms with Crippen LogP contribution in [0.5, 0.6) is 0 Å². The molecule has 2 amide bonds. The molecule has 0 spiro atoms. The van der Waals surface area contributed by atoms with Crippen LogP contribution in [0.25, 0.3) is 0 Å². The summed E-state index contributed by atoms with van der Waals surface area (Å²) in [5.41, 5.74) is -1.24. The van der Waals surface area contributed by atoms with Crippen molar-refractivity contribution in [3.8, 4) is 11.8 Å². The predicted molar refractivity (Wildman–Crippen MR) is 73.4 cm³/mol. The van der Waals surface area contributed by atoms with Crippen LogP contribution in [0.15, 0.2) is 12.7 Å². The molecule has 5 heteroatoms. The molecule has 2 N–H and O–H groups in total. The fourth-order valence-electron chi connectivity index (χ4n) is 1.93. The number of carbonyl (C=O) groups is 2. The fourth-order valence-corrected chi connectivity index (χ4v) is 2.11. The molecule has 0 aromatic heterocycles. The van der Waals surface area contributed by atoms with Crippen LogP contribution < -0.4 is 10.6 Å². The van der Waals surface area contributed by atoms with Crippen molar-refractivity contribution >= 4 is 29.1 Å². The molecule has 1 aliphatic heterocycles. The second kappa shape index (κ2) is 5.78. The molecule has 1 unspecified atom stereocenters. The van der Waals surface area contributed by atoms with Gasteiger partial charge in [0, 0.05) is 12.3 Å². The van der Waals surface area contributed by atoms with E-state index in [2.05, 4.69) is 29.1 Å². The van der Waals surface area contributed by atoms with Gasteiger partial charge >= 0.3 is 0 Å². The normalized spacial score (nSPS) is 19.1. The number of hydrogen-bond acceptors (Lipinski definition) is 3. The molecule has 4 nitrogen and oxygen atoms in total. The van der Waals surface area contributed by atoms with E-state index in [0.717, 1.165) is 0 Å². The average Bonchev–Trinajstić information content (AvgIpc) is 2.30. The lowest BCUT2D eigenvalue weighted by Gasteiger charge is -2.36. The summed E-state index contributed by atoms with van der Waals surface area (Å²) < 4.78 is 0. The SMILES string of the molecule is C=CCC1(C(C)C#CCC)C(=O)NC(=S)NC1=O. The van der Waals surface area contributed by atoms with E-state index in [9.17, 15) is 9.59 Å². The first-order valence-electron chi connectivity index (χ1n) is 5.75. The van der Waals surface area contributed by atoms with Gasteiger partial charge in [0.05, 0.1) is 0 Å². The molecule has 1 atom stereocenters. The third kappa shape index (κ3) is 2.44. The molecule has 1 aliphatic rings. The summed E-state index contributed by atoms with van der Waals surface area (Å²) in [7, 11) is 0. The summed E-state index contributed by atoms with van der Waals surface area (Å²) in [6, 6.07) is 0. The van der Waals surface area contributed by atoms with Gasteiger partial charge in [0.2, 0.25) is 11.8 Å². The topological polar surface area (TPSA) is 58.2 Å². The van der Waals surface area contributed by atoms with Crippen molar-refractivity contribution in [1.29, 1.82) is 0 Å². The highest BCUT2D eigenvalue weighted by atomic mass is 32.1. The zero-order valence-corrected chi connectivity index (χ0v) is 11.3. The molecular formula is C13H16N2O2S. The molecular weight excluding hydrogens is 248 g/mol. The molecule has 1 rings (SSSR count). The van der Waals surface area contributed by atoms with Gasteiger partial charge in [-0.2, -0.15) is 0 Å². The summed E-state index contributed by atoms with van der Waals surface area (Å²) in [5.74, 6) is 4.62. The van der Waals surface area contributed by atoms with Gasteiger partial charge in [0.15, 0.2) is 5.11 Å². The number of amides is 2. The van der Waals surface area contributed by atoms with E-state index in [1.807, 2.05) is 6.92 Å². The van der Waals surface area contributed by atoms with Gasteiger partial charge in [0.25, 0.3) is 0 Å². The Morgan fingerprint density at radius 2 is 2.00 bits per heavy atom. The van der Waals surface area contributed by atoms with Gasteiger partial charge in [-0.25, -0.2) is 0 Å². The van der Waals surface area contributed by atoms with Gasteiger partial charge in [0.1, 0.15) is 5.41 Å². The maximum Gasteiger partial charge on any atom is 0.243 e. The zero-order valence-electron chi connectivity index (χ0n) is 10.5. The van der Waals surface area contributed by atoms with Crippen LogP contribution in [0.4, 0.5) is 0 Å². The van der Waals surface area contributed by atoms with Gasteiger partial charge in [-0.15, -0.1) is 12.5 Å². The van der Waals surface area contributed by atoms with Crippen molar-refractivity contribution in [1.82, 2.24) is 10.6 Å². The molecule has 0 saturated carbocycles. The predicted octanol–water partition coefficient (Wildman–Crippen LogP) is 1.13. The second-order valence-corrected chi connectivity index (χ2v) is 4.51. The van der Waals surface area contributed by atoms with Crippen molar-refractivity contribution in [2.45, 2.75) is 26.7 Å². The Labute approximate surface area is 112 Å². The van der Waals surface area contributed by atoms with Crippen LogP contribution in [-0.4, -0.2) is 16.9 Å². The summed E-state index contributed by atoms with van der Waals surface area (Å²) in [5, 5.41) is 5.02. The first-order valence-corrected chi connectivity index (χ1v) is 6.16. The maximum atomic E-state index is 12.2. The number of nitrogens with one attached hydrogen (secondary N) is 2. The summed E-state index contributed by atoms with van der Waals surface area (Å²) in [4.78, 5) is 24.3. The van der Waals surface area contributed by atoms with E-state index in [-0.39, 0.29) is 11.5 Å². The highest BCUT2D eigenvalue weighted by Crippen LogP contribution is 2.34. The number of carbonyl (C=O) groups excluding carboxylic acids is 2. The molecule has 1 heterocycles. The van der Waals surface area contributed by atoms with Gasteiger partial charge in [-0.05, 0) is 25.6 Å². The number of hydrogen-bond donors (Lipinski definition) is 2. The Morgan fingerprint density at radius 3 is 2.44 bits per heavy atom. The van der Waals surface area contributed by atoms with E-state index < -0.39 is 23.1 Å². The van der Waals surface area contributed by atoms with Crippen molar-refractivity contribution in [3.63, 3.8) is 0 Å².